The first-order chi connectivity index (χ1) is 18.5. The minimum absolute atomic E-state index is 0.0936. The molecule has 2 amide bonds. The predicted molar refractivity (Wildman–Crippen MR) is 160 cm³/mol. The van der Waals surface area contributed by atoms with Crippen LogP contribution in [0.4, 0.5) is 0 Å². The summed E-state index contributed by atoms with van der Waals surface area (Å²) in [6.45, 7) is 8.58. The number of nitrogens with zero attached hydrogens (tertiary/aromatic N) is 2. The van der Waals surface area contributed by atoms with Gasteiger partial charge in [0.05, 0.1) is 6.10 Å². The molecule has 2 atom stereocenters. The number of likely N-dealkylation sites (N-methyl/N-ethyl adjacent to an activating group) is 2. The van der Waals surface area contributed by atoms with E-state index in [0.29, 0.717) is 19.5 Å². The van der Waals surface area contributed by atoms with Crippen molar-refractivity contribution in [3.8, 4) is 11.1 Å². The van der Waals surface area contributed by atoms with Crippen molar-refractivity contribution >= 4 is 22.6 Å². The van der Waals surface area contributed by atoms with Crippen molar-refractivity contribution in [1.29, 1.82) is 0 Å². The van der Waals surface area contributed by atoms with Gasteiger partial charge in [0.1, 0.15) is 6.04 Å². The van der Waals surface area contributed by atoms with Gasteiger partial charge < -0.3 is 20.2 Å². The Morgan fingerprint density at radius 1 is 0.949 bits per heavy atom. The van der Waals surface area contributed by atoms with Gasteiger partial charge in [0.25, 0.3) is 0 Å². The Labute approximate surface area is 233 Å². The summed E-state index contributed by atoms with van der Waals surface area (Å²) in [5.74, 6) is -0.303. The molecule has 0 unspecified atom stereocenters. The van der Waals surface area contributed by atoms with Gasteiger partial charge in [0.2, 0.25) is 11.8 Å². The standard InChI is InChI=1S/C33H43N3O3/c1-24(37)23-34-33(3,4)19-10-15-31(38)36(6)25(2)32(39)35(5)20-18-26-11-9-14-28(21-26)30-17-16-27-12-7-8-13-29(27)22-30/h7-17,21-22,24-25,34,37H,18-20,23H2,1-6H3/t24-,25-/m1/s1. The molecule has 0 bridgehead atoms. The van der Waals surface area contributed by atoms with E-state index in [1.165, 1.54) is 27.3 Å². The zero-order valence-electron chi connectivity index (χ0n) is 24.1. The second-order valence-corrected chi connectivity index (χ2v) is 11.1. The second kappa shape index (κ2) is 13.5. The van der Waals surface area contributed by atoms with E-state index in [9.17, 15) is 14.7 Å². The van der Waals surface area contributed by atoms with Crippen LogP contribution in [-0.2, 0) is 16.0 Å². The minimum atomic E-state index is -0.572. The maximum Gasteiger partial charge on any atom is 0.246 e. The molecule has 6 heteroatoms. The number of carbonyl (C=O) groups excluding carboxylic acids is 2. The molecule has 6 nitrogen and oxygen atoms in total. The summed E-state index contributed by atoms with van der Waals surface area (Å²) in [5, 5.41) is 15.2. The molecule has 3 aromatic rings. The van der Waals surface area contributed by atoms with E-state index in [1.54, 1.807) is 32.8 Å². The van der Waals surface area contributed by atoms with Crippen LogP contribution in [0.15, 0.2) is 78.9 Å². The van der Waals surface area contributed by atoms with Gasteiger partial charge in [-0.05, 0) is 80.1 Å². The number of benzene rings is 3. The third-order valence-corrected chi connectivity index (χ3v) is 7.17. The number of aliphatic hydroxyl groups is 1. The molecule has 0 heterocycles. The maximum absolute atomic E-state index is 13.1. The van der Waals surface area contributed by atoms with E-state index in [4.69, 9.17) is 0 Å². The molecule has 0 aliphatic rings. The first-order valence-corrected chi connectivity index (χ1v) is 13.7. The van der Waals surface area contributed by atoms with Crippen LogP contribution in [0.1, 0.15) is 39.7 Å². The Hall–Kier alpha value is -3.48. The van der Waals surface area contributed by atoms with Gasteiger partial charge in [0, 0.05) is 32.7 Å². The SMILES string of the molecule is C[C@H](C(=O)N(C)CCc1cccc(-c2ccc3ccccc3c2)c1)N(C)C(=O)C=CCC(C)(C)NC[C@@H](C)O. The number of carbonyl (C=O) groups is 2. The number of fused-ring (bicyclic) bond motifs is 1. The highest BCUT2D eigenvalue weighted by atomic mass is 16.3. The molecule has 208 valence electrons. The highest BCUT2D eigenvalue weighted by Gasteiger charge is 2.24. The largest absolute Gasteiger partial charge is 0.392 e. The van der Waals surface area contributed by atoms with Crippen LogP contribution < -0.4 is 5.32 Å². The Morgan fingerprint density at radius 2 is 1.64 bits per heavy atom. The fraction of sp³-hybridized carbons (Fsp3) is 0.394. The fourth-order valence-electron chi connectivity index (χ4n) is 4.43. The first-order valence-electron chi connectivity index (χ1n) is 13.7. The van der Waals surface area contributed by atoms with E-state index in [0.717, 1.165) is 17.5 Å². The molecule has 0 spiro atoms. The number of β-amino-alcohol motifs (C(OH)–C–C–N with tert-alkyl or cyclic N) is 1. The molecule has 0 aromatic heterocycles. The number of aliphatic hydroxyl groups excluding tert-OH is 1. The van der Waals surface area contributed by atoms with Gasteiger partial charge >= 0.3 is 0 Å². The number of hydrogen-bond donors (Lipinski definition) is 2. The molecular weight excluding hydrogens is 486 g/mol. The smallest absolute Gasteiger partial charge is 0.246 e. The topological polar surface area (TPSA) is 72.9 Å². The molecule has 2 N–H and O–H groups in total. The molecule has 3 aromatic carbocycles. The van der Waals surface area contributed by atoms with Crippen LogP contribution >= 0.6 is 0 Å². The summed E-state index contributed by atoms with van der Waals surface area (Å²) in [6.07, 6.45) is 4.26. The third kappa shape index (κ3) is 8.77. The molecule has 0 aliphatic heterocycles. The number of amides is 2. The highest BCUT2D eigenvalue weighted by Crippen LogP contribution is 2.25. The monoisotopic (exact) mass is 529 g/mol. The van der Waals surface area contributed by atoms with Crippen molar-refractivity contribution in [2.24, 2.45) is 0 Å². The van der Waals surface area contributed by atoms with E-state index < -0.39 is 12.1 Å². The van der Waals surface area contributed by atoms with Gasteiger partial charge in [-0.2, -0.15) is 0 Å². The summed E-state index contributed by atoms with van der Waals surface area (Å²) >= 11 is 0. The first kappa shape index (κ1) is 30.1. The van der Waals surface area contributed by atoms with Crippen LogP contribution in [-0.4, -0.2) is 71.6 Å². The van der Waals surface area contributed by atoms with Crippen LogP contribution in [0.2, 0.25) is 0 Å². The highest BCUT2D eigenvalue weighted by molar-refractivity contribution is 5.92. The Bertz CT molecular complexity index is 1300. The minimum Gasteiger partial charge on any atom is -0.392 e. The van der Waals surface area contributed by atoms with Crippen LogP contribution in [0.25, 0.3) is 21.9 Å². The summed E-state index contributed by atoms with van der Waals surface area (Å²) in [5.41, 5.74) is 3.23. The normalized spacial score (nSPS) is 13.4. The predicted octanol–water partition coefficient (Wildman–Crippen LogP) is 5.05. The van der Waals surface area contributed by atoms with Crippen LogP contribution in [0.3, 0.4) is 0 Å². The van der Waals surface area contributed by atoms with Gasteiger partial charge in [-0.3, -0.25) is 9.59 Å². The molecule has 0 saturated heterocycles. The lowest BCUT2D eigenvalue weighted by atomic mass is 9.99. The van der Waals surface area contributed by atoms with Crippen LogP contribution in [0, 0.1) is 0 Å². The number of hydrogen-bond acceptors (Lipinski definition) is 4. The van der Waals surface area contributed by atoms with Gasteiger partial charge in [-0.25, -0.2) is 0 Å². The Balaban J connectivity index is 1.54. The van der Waals surface area contributed by atoms with Crippen molar-refractivity contribution in [3.63, 3.8) is 0 Å². The Morgan fingerprint density at radius 3 is 2.36 bits per heavy atom. The van der Waals surface area contributed by atoms with E-state index >= 15 is 0 Å². The quantitative estimate of drug-likeness (QED) is 0.322. The third-order valence-electron chi connectivity index (χ3n) is 7.17. The molecule has 0 saturated carbocycles. The van der Waals surface area contributed by atoms with E-state index in [1.807, 2.05) is 26.0 Å². The molecule has 39 heavy (non-hydrogen) atoms. The average Bonchev–Trinajstić information content (AvgIpc) is 2.93. The number of nitrogens with one attached hydrogen (secondary N) is 1. The van der Waals surface area contributed by atoms with Gasteiger partial charge in [0.15, 0.2) is 0 Å². The zero-order chi connectivity index (χ0) is 28.6. The van der Waals surface area contributed by atoms with Crippen molar-refractivity contribution in [1.82, 2.24) is 15.1 Å². The van der Waals surface area contributed by atoms with Gasteiger partial charge in [-0.1, -0.05) is 66.7 Å². The van der Waals surface area contributed by atoms with E-state index in [-0.39, 0.29) is 17.4 Å². The summed E-state index contributed by atoms with van der Waals surface area (Å²) < 4.78 is 0. The van der Waals surface area contributed by atoms with Gasteiger partial charge in [-0.15, -0.1) is 0 Å². The molecule has 3 rings (SSSR count). The van der Waals surface area contributed by atoms with Crippen molar-refractivity contribution in [2.75, 3.05) is 27.2 Å². The molecule has 0 radical (unpaired) electrons. The van der Waals surface area contributed by atoms with Crippen molar-refractivity contribution in [3.05, 3.63) is 84.4 Å². The molecule has 0 fully saturated rings. The molecular formula is C33H43N3O3. The summed E-state index contributed by atoms with van der Waals surface area (Å²) in [6, 6.07) is 22.7. The van der Waals surface area contributed by atoms with Crippen LogP contribution in [0.5, 0.6) is 0 Å². The lowest BCUT2D eigenvalue weighted by Gasteiger charge is -2.28. The number of rotatable bonds is 12. The van der Waals surface area contributed by atoms with Crippen molar-refractivity contribution in [2.45, 2.75) is 58.2 Å². The van der Waals surface area contributed by atoms with Crippen molar-refractivity contribution < 1.29 is 14.7 Å². The van der Waals surface area contributed by atoms with E-state index in [2.05, 4.69) is 66.0 Å². The average molecular weight is 530 g/mol. The second-order valence-electron chi connectivity index (χ2n) is 11.1. The zero-order valence-corrected chi connectivity index (χ0v) is 24.1. The Kier molecular flexibility index (Phi) is 10.4. The lowest BCUT2D eigenvalue weighted by molar-refractivity contribution is -0.140. The fourth-order valence-corrected chi connectivity index (χ4v) is 4.43. The molecule has 0 aliphatic carbocycles. The summed E-state index contributed by atoms with van der Waals surface area (Å²) in [4.78, 5) is 29.0. The summed E-state index contributed by atoms with van der Waals surface area (Å²) in [7, 11) is 3.45. The lowest BCUT2D eigenvalue weighted by Crippen LogP contribution is -2.46. The maximum atomic E-state index is 13.1.